The van der Waals surface area contributed by atoms with E-state index in [1.54, 1.807) is 45.0 Å². The Kier molecular flexibility index (Phi) is 9.33. The fourth-order valence-corrected chi connectivity index (χ4v) is 7.91. The Hall–Kier alpha value is -1.88. The zero-order chi connectivity index (χ0) is 32.2. The molecule has 232 valence electrons. The summed E-state index contributed by atoms with van der Waals surface area (Å²) in [6.07, 6.45) is -0.348. The molecule has 0 bridgehead atoms. The molecule has 43 heavy (non-hydrogen) atoms. The smallest absolute Gasteiger partial charge is 0.261 e. The molecular weight excluding hydrogens is 652 g/mol. The third-order valence-electron chi connectivity index (χ3n) is 7.54. The summed E-state index contributed by atoms with van der Waals surface area (Å²) in [6.45, 7) is 12.6. The van der Waals surface area contributed by atoms with Gasteiger partial charge in [-0.3, -0.25) is 15.4 Å². The number of benzene rings is 3. The molecule has 7 nitrogen and oxygen atoms in total. The van der Waals surface area contributed by atoms with Crippen molar-refractivity contribution in [2.24, 2.45) is 0 Å². The second-order valence-corrected chi connectivity index (χ2v) is 15.6. The molecule has 0 aromatic heterocycles. The maximum Gasteiger partial charge on any atom is 0.261 e. The Morgan fingerprint density at radius 1 is 0.860 bits per heavy atom. The predicted molar refractivity (Wildman–Crippen MR) is 174 cm³/mol. The number of halogens is 4. The predicted octanol–water partition coefficient (Wildman–Crippen LogP) is 7.45. The van der Waals surface area contributed by atoms with Crippen molar-refractivity contribution >= 4 is 61.7 Å². The monoisotopic (exact) mass is 685 g/mol. The molecule has 1 saturated heterocycles. The topological polar surface area (TPSA) is 96.5 Å². The first-order chi connectivity index (χ1) is 19.7. The van der Waals surface area contributed by atoms with E-state index in [-0.39, 0.29) is 27.3 Å². The van der Waals surface area contributed by atoms with Crippen LogP contribution in [0, 0.1) is 0 Å². The summed E-state index contributed by atoms with van der Waals surface area (Å²) < 4.78 is 35.9. The van der Waals surface area contributed by atoms with E-state index in [0.29, 0.717) is 10.0 Å². The van der Waals surface area contributed by atoms with Crippen molar-refractivity contribution in [3.05, 3.63) is 92.4 Å². The molecule has 3 atom stereocenters. The van der Waals surface area contributed by atoms with Crippen molar-refractivity contribution in [2.75, 3.05) is 0 Å². The van der Waals surface area contributed by atoms with Gasteiger partial charge in [0.25, 0.3) is 5.24 Å². The third-order valence-corrected chi connectivity index (χ3v) is 10.6. The lowest BCUT2D eigenvalue weighted by molar-refractivity contribution is -0.118. The molecule has 0 aliphatic carbocycles. The third kappa shape index (κ3) is 6.44. The zero-order valence-corrected chi connectivity index (χ0v) is 28.7. The first-order valence-electron chi connectivity index (χ1n) is 13.6. The Morgan fingerprint density at radius 3 is 1.67 bits per heavy atom. The van der Waals surface area contributed by atoms with Crippen molar-refractivity contribution in [1.82, 2.24) is 15.4 Å². The summed E-state index contributed by atoms with van der Waals surface area (Å²) in [5.74, 6) is 0.183. The molecule has 0 radical (unpaired) electrons. The first kappa shape index (κ1) is 34.0. The van der Waals surface area contributed by atoms with Crippen molar-refractivity contribution < 1.29 is 17.9 Å². The van der Waals surface area contributed by atoms with Crippen LogP contribution in [0.3, 0.4) is 0 Å². The van der Waals surface area contributed by atoms with Gasteiger partial charge in [0.05, 0.1) is 22.2 Å². The van der Waals surface area contributed by atoms with Gasteiger partial charge in [-0.25, -0.2) is 13.1 Å². The quantitative estimate of drug-likeness (QED) is 0.213. The highest BCUT2D eigenvalue weighted by atomic mass is 35.5. The van der Waals surface area contributed by atoms with Crippen molar-refractivity contribution in [1.29, 1.82) is 0 Å². The second kappa shape index (κ2) is 11.8. The molecule has 1 fully saturated rings. The summed E-state index contributed by atoms with van der Waals surface area (Å²) in [6, 6.07) is 17.2. The van der Waals surface area contributed by atoms with Crippen LogP contribution in [0.5, 0.6) is 5.75 Å². The van der Waals surface area contributed by atoms with Crippen LogP contribution in [0.2, 0.25) is 15.1 Å². The minimum absolute atomic E-state index is 0.0766. The summed E-state index contributed by atoms with van der Waals surface area (Å²) in [5, 5.41) is 7.14. The van der Waals surface area contributed by atoms with E-state index in [9.17, 15) is 13.2 Å². The molecule has 12 heteroatoms. The van der Waals surface area contributed by atoms with Crippen molar-refractivity contribution in [3.63, 3.8) is 0 Å². The van der Waals surface area contributed by atoms with E-state index in [1.165, 1.54) is 12.1 Å². The number of rotatable bonds is 8. The molecule has 3 aromatic rings. The highest BCUT2D eigenvalue weighted by molar-refractivity contribution is 7.89. The van der Waals surface area contributed by atoms with Gasteiger partial charge in [-0.1, -0.05) is 59.1 Å². The van der Waals surface area contributed by atoms with E-state index in [4.69, 9.17) is 51.1 Å². The number of carbonyl (C=O) groups is 1. The minimum atomic E-state index is -4.15. The van der Waals surface area contributed by atoms with E-state index in [2.05, 4.69) is 15.4 Å². The molecule has 0 spiro atoms. The highest BCUT2D eigenvalue weighted by Gasteiger charge is 2.63. The maximum atomic E-state index is 13.8. The molecule has 1 aliphatic rings. The average Bonchev–Trinajstić information content (AvgIpc) is 3.12. The fraction of sp³-hybridized carbons (Fsp3) is 0.387. The molecule has 3 aromatic carbocycles. The minimum Gasteiger partial charge on any atom is -0.491 e. The van der Waals surface area contributed by atoms with Crippen LogP contribution in [-0.2, 0) is 31.6 Å². The van der Waals surface area contributed by atoms with Crippen LogP contribution >= 0.6 is 46.4 Å². The van der Waals surface area contributed by atoms with Crippen LogP contribution in [-0.4, -0.2) is 25.3 Å². The SMILES string of the molecule is CC(C)Oc1cc(Cl)c(S(=O)(=O)NC(C)(C)C)cc1C1(C(=O)Cl)N[C@@](C)(c2ccc(Cl)cc2)[C@@](C)(c2ccc(Cl)cc2)N1. The average molecular weight is 688 g/mol. The van der Waals surface area contributed by atoms with Gasteiger partial charge in [0.1, 0.15) is 10.6 Å². The lowest BCUT2D eigenvalue weighted by Gasteiger charge is -2.41. The number of ether oxygens (including phenoxy) is 1. The van der Waals surface area contributed by atoms with E-state index in [1.807, 2.05) is 52.0 Å². The number of nitrogens with one attached hydrogen (secondary N) is 3. The standard InChI is InChI=1S/C31H35Cl4N3O4S/c1-18(2)42-25-17-24(34)26(43(40,41)38-28(3,4)5)16-23(25)31(27(35)39)36-29(6,19-8-12-21(32)13-9-19)30(7,37-31)20-10-14-22(33)15-11-20/h8-18,36-38H,1-7H3/t29-,30+,31?. The van der Waals surface area contributed by atoms with E-state index >= 15 is 0 Å². The molecule has 0 saturated carbocycles. The van der Waals surface area contributed by atoms with Gasteiger partial charge >= 0.3 is 0 Å². The van der Waals surface area contributed by atoms with Crippen LogP contribution in [0.25, 0.3) is 0 Å². The summed E-state index contributed by atoms with van der Waals surface area (Å²) in [4.78, 5) is 13.5. The van der Waals surface area contributed by atoms with Crippen LogP contribution in [0.1, 0.15) is 65.2 Å². The number of hydrogen-bond donors (Lipinski definition) is 3. The Morgan fingerprint density at radius 2 is 1.30 bits per heavy atom. The normalized spacial score (nSPS) is 24.4. The lowest BCUT2D eigenvalue weighted by Crippen LogP contribution is -2.54. The van der Waals surface area contributed by atoms with E-state index in [0.717, 1.165) is 11.1 Å². The fourth-order valence-electron chi connectivity index (χ4n) is 5.50. The van der Waals surface area contributed by atoms with Gasteiger partial charge < -0.3 is 4.74 Å². The summed E-state index contributed by atoms with van der Waals surface area (Å²) in [7, 11) is -4.15. The second-order valence-electron chi connectivity index (χ2n) is 12.3. The summed E-state index contributed by atoms with van der Waals surface area (Å²) in [5.41, 5.74) is -3.02. The number of carbonyl (C=O) groups excluding carboxylic acids is 1. The molecular formula is C31H35Cl4N3O4S. The van der Waals surface area contributed by atoms with Crippen LogP contribution < -0.4 is 20.1 Å². The lowest BCUT2D eigenvalue weighted by atomic mass is 9.72. The number of hydrogen-bond acceptors (Lipinski definition) is 6. The summed E-state index contributed by atoms with van der Waals surface area (Å²) >= 11 is 25.6. The van der Waals surface area contributed by atoms with Crippen molar-refractivity contribution in [2.45, 2.75) is 81.7 Å². The van der Waals surface area contributed by atoms with Gasteiger partial charge in [0, 0.05) is 27.2 Å². The molecule has 1 heterocycles. The first-order valence-corrected chi connectivity index (χ1v) is 16.6. The van der Waals surface area contributed by atoms with Gasteiger partial charge in [-0.05, 0) is 102 Å². The molecule has 3 N–H and O–H groups in total. The molecule has 4 rings (SSSR count). The van der Waals surface area contributed by atoms with Crippen molar-refractivity contribution in [3.8, 4) is 5.75 Å². The van der Waals surface area contributed by atoms with Crippen LogP contribution in [0.4, 0.5) is 0 Å². The molecule has 1 aliphatic heterocycles. The Balaban J connectivity index is 2.06. The van der Waals surface area contributed by atoms with Gasteiger partial charge in [0.15, 0.2) is 5.66 Å². The highest BCUT2D eigenvalue weighted by Crippen LogP contribution is 2.52. The number of sulfonamides is 1. The van der Waals surface area contributed by atoms with Gasteiger partial charge in [0.2, 0.25) is 10.0 Å². The zero-order valence-electron chi connectivity index (χ0n) is 24.9. The largest absolute Gasteiger partial charge is 0.491 e. The van der Waals surface area contributed by atoms with Gasteiger partial charge in [-0.2, -0.15) is 0 Å². The van der Waals surface area contributed by atoms with Crippen LogP contribution in [0.15, 0.2) is 65.6 Å². The Bertz CT molecular complexity index is 1580. The molecule has 1 unspecified atom stereocenters. The Labute approximate surface area is 273 Å². The van der Waals surface area contributed by atoms with Gasteiger partial charge in [-0.15, -0.1) is 0 Å². The maximum absolute atomic E-state index is 13.8. The molecule has 0 amide bonds. The van der Waals surface area contributed by atoms with E-state index < -0.39 is 37.5 Å².